The molecule has 3 aromatic carbocycles. The molecule has 0 fully saturated rings. The summed E-state index contributed by atoms with van der Waals surface area (Å²) >= 11 is 0. The molecule has 0 heterocycles. The molecule has 0 aromatic heterocycles. The van der Waals surface area contributed by atoms with Crippen molar-refractivity contribution >= 4 is 23.6 Å². The Bertz CT molecular complexity index is 1390. The van der Waals surface area contributed by atoms with Crippen molar-refractivity contribution in [3.63, 3.8) is 0 Å². The summed E-state index contributed by atoms with van der Waals surface area (Å²) < 4.78 is 17.4. The zero-order chi connectivity index (χ0) is 28.2. The maximum atomic E-state index is 12.8. The van der Waals surface area contributed by atoms with Crippen molar-refractivity contribution in [1.29, 1.82) is 5.26 Å². The van der Waals surface area contributed by atoms with Gasteiger partial charge in [-0.1, -0.05) is 18.2 Å². The molecule has 3 aromatic rings. The van der Waals surface area contributed by atoms with Crippen LogP contribution >= 0.6 is 0 Å². The summed E-state index contributed by atoms with van der Waals surface area (Å²) in [5, 5.41) is 21.5. The van der Waals surface area contributed by atoms with Crippen LogP contribution in [0.25, 0.3) is 6.08 Å². The van der Waals surface area contributed by atoms with Crippen LogP contribution in [-0.2, 0) is 17.8 Å². The predicted octanol–water partition coefficient (Wildman–Crippen LogP) is 6.04. The highest BCUT2D eigenvalue weighted by Crippen LogP contribution is 2.35. The number of hydrogen-bond acceptors (Lipinski definition) is 6. The summed E-state index contributed by atoms with van der Waals surface area (Å²) in [6.45, 7) is 8.65. The predicted molar refractivity (Wildman–Crippen MR) is 149 cm³/mol. The monoisotopic (exact) mass is 526 g/mol. The second-order valence-electron chi connectivity index (χ2n) is 8.31. The van der Waals surface area contributed by atoms with Gasteiger partial charge in [-0.25, -0.2) is 4.79 Å². The first-order valence-electron chi connectivity index (χ1n) is 12.4. The summed E-state index contributed by atoms with van der Waals surface area (Å²) in [5.41, 5.74) is 2.78. The van der Waals surface area contributed by atoms with E-state index in [1.54, 1.807) is 48.5 Å². The molecule has 0 saturated carbocycles. The Labute approximate surface area is 227 Å². The Morgan fingerprint density at radius 2 is 1.69 bits per heavy atom. The molecule has 0 aliphatic rings. The van der Waals surface area contributed by atoms with Gasteiger partial charge >= 0.3 is 5.97 Å². The van der Waals surface area contributed by atoms with Crippen LogP contribution in [0.4, 0.5) is 5.69 Å². The zero-order valence-corrected chi connectivity index (χ0v) is 21.9. The normalized spacial score (nSPS) is 10.7. The topological polar surface area (TPSA) is 118 Å². The van der Waals surface area contributed by atoms with Crippen LogP contribution in [0, 0.1) is 11.3 Å². The van der Waals surface area contributed by atoms with Gasteiger partial charge in [0.1, 0.15) is 24.0 Å². The highest BCUT2D eigenvalue weighted by molar-refractivity contribution is 6.09. The van der Waals surface area contributed by atoms with E-state index in [9.17, 15) is 14.9 Å². The van der Waals surface area contributed by atoms with Crippen LogP contribution in [0.3, 0.4) is 0 Å². The molecule has 0 bridgehead atoms. The fourth-order valence-corrected chi connectivity index (χ4v) is 3.71. The highest BCUT2D eigenvalue weighted by atomic mass is 16.5. The van der Waals surface area contributed by atoms with Gasteiger partial charge in [-0.15, -0.1) is 6.58 Å². The van der Waals surface area contributed by atoms with Gasteiger partial charge in [0, 0.05) is 11.3 Å². The lowest BCUT2D eigenvalue weighted by atomic mass is 10.0. The molecule has 0 aliphatic carbocycles. The minimum Gasteiger partial charge on any atom is -0.494 e. The quantitative estimate of drug-likeness (QED) is 0.158. The van der Waals surface area contributed by atoms with E-state index in [0.717, 1.165) is 11.1 Å². The van der Waals surface area contributed by atoms with Crippen LogP contribution in [-0.4, -0.2) is 30.2 Å². The summed E-state index contributed by atoms with van der Waals surface area (Å²) in [6, 6.07) is 18.8. The number of nitrogens with one attached hydrogen (secondary N) is 1. The lowest BCUT2D eigenvalue weighted by molar-refractivity contribution is -0.112. The number of amides is 1. The fourth-order valence-electron chi connectivity index (χ4n) is 3.71. The van der Waals surface area contributed by atoms with Crippen LogP contribution in [0.15, 0.2) is 78.9 Å². The number of hydrogen-bond donors (Lipinski definition) is 2. The lowest BCUT2D eigenvalue weighted by Crippen LogP contribution is -2.13. The number of nitriles is 1. The lowest BCUT2D eigenvalue weighted by Gasteiger charge is -2.17. The number of carbonyl (C=O) groups is 2. The Balaban J connectivity index is 1.87. The van der Waals surface area contributed by atoms with Crippen molar-refractivity contribution in [3.05, 3.63) is 101 Å². The molecule has 0 saturated heterocycles. The molecule has 2 N–H and O–H groups in total. The van der Waals surface area contributed by atoms with Gasteiger partial charge in [-0.3, -0.25) is 4.79 Å². The molecule has 0 unspecified atom stereocenters. The third-order valence-electron chi connectivity index (χ3n) is 5.50. The van der Waals surface area contributed by atoms with Crippen LogP contribution in [0.2, 0.25) is 0 Å². The average Bonchev–Trinajstić information content (AvgIpc) is 2.93. The summed E-state index contributed by atoms with van der Waals surface area (Å²) in [7, 11) is 0. The van der Waals surface area contributed by atoms with Crippen molar-refractivity contribution in [2.24, 2.45) is 0 Å². The molecule has 8 nitrogen and oxygen atoms in total. The zero-order valence-electron chi connectivity index (χ0n) is 21.9. The van der Waals surface area contributed by atoms with Gasteiger partial charge in [-0.05, 0) is 86.0 Å². The van der Waals surface area contributed by atoms with Crippen molar-refractivity contribution in [3.8, 4) is 23.3 Å². The molecule has 0 spiro atoms. The number of nitrogens with zero attached hydrogens (tertiary/aromatic N) is 1. The smallest absolute Gasteiger partial charge is 0.335 e. The second kappa shape index (κ2) is 14.1. The molecule has 1 amide bonds. The number of carboxylic acid groups (broad SMARTS) is 1. The van der Waals surface area contributed by atoms with Gasteiger partial charge < -0.3 is 24.6 Å². The number of ether oxygens (including phenoxy) is 3. The van der Waals surface area contributed by atoms with Crippen molar-refractivity contribution in [2.75, 3.05) is 18.5 Å². The number of aromatic carboxylic acids is 1. The van der Waals surface area contributed by atoms with Crippen LogP contribution in [0.5, 0.6) is 17.2 Å². The van der Waals surface area contributed by atoms with E-state index in [-0.39, 0.29) is 17.7 Å². The van der Waals surface area contributed by atoms with Crippen molar-refractivity contribution in [2.45, 2.75) is 26.9 Å². The number of rotatable bonds is 13. The van der Waals surface area contributed by atoms with E-state index in [2.05, 4.69) is 11.9 Å². The SMILES string of the molecule is C=CCc1cc(/C=C(\C#N)C(=O)Nc2ccc(OCC)cc2)cc(OCC)c1OCc1ccc(C(=O)O)cc1. The Hall–Kier alpha value is -5.03. The second-order valence-corrected chi connectivity index (χ2v) is 8.31. The molecule has 8 heteroatoms. The molecule has 0 atom stereocenters. The molecule has 3 rings (SSSR count). The van der Waals surface area contributed by atoms with E-state index in [4.69, 9.17) is 19.3 Å². The van der Waals surface area contributed by atoms with Crippen LogP contribution in [0.1, 0.15) is 40.9 Å². The number of allylic oxidation sites excluding steroid dienone is 1. The number of carbonyl (C=O) groups excluding carboxylic acids is 1. The third-order valence-corrected chi connectivity index (χ3v) is 5.50. The van der Waals surface area contributed by atoms with Crippen molar-refractivity contribution < 1.29 is 28.9 Å². The van der Waals surface area contributed by atoms with Gasteiger partial charge in [0.15, 0.2) is 11.5 Å². The molecule has 200 valence electrons. The molecular formula is C31H30N2O6. The van der Waals surface area contributed by atoms with Gasteiger partial charge in [0.25, 0.3) is 5.91 Å². The highest BCUT2D eigenvalue weighted by Gasteiger charge is 2.16. The Kier molecular flexibility index (Phi) is 10.3. The Morgan fingerprint density at radius 3 is 2.28 bits per heavy atom. The third kappa shape index (κ3) is 7.98. The first-order valence-corrected chi connectivity index (χ1v) is 12.4. The molecule has 0 aliphatic heterocycles. The van der Waals surface area contributed by atoms with Gasteiger partial charge in [-0.2, -0.15) is 5.26 Å². The number of anilines is 1. The largest absolute Gasteiger partial charge is 0.494 e. The molecular weight excluding hydrogens is 496 g/mol. The first kappa shape index (κ1) is 28.5. The van der Waals surface area contributed by atoms with Crippen LogP contribution < -0.4 is 19.5 Å². The Morgan fingerprint density at radius 1 is 1.00 bits per heavy atom. The molecule has 0 radical (unpaired) electrons. The maximum absolute atomic E-state index is 12.8. The number of benzene rings is 3. The maximum Gasteiger partial charge on any atom is 0.335 e. The minimum absolute atomic E-state index is 0.0805. The van der Waals surface area contributed by atoms with Gasteiger partial charge in [0.05, 0.1) is 18.8 Å². The van der Waals surface area contributed by atoms with E-state index >= 15 is 0 Å². The van der Waals surface area contributed by atoms with E-state index in [1.807, 2.05) is 26.0 Å². The van der Waals surface area contributed by atoms with Crippen molar-refractivity contribution in [1.82, 2.24) is 0 Å². The summed E-state index contributed by atoms with van der Waals surface area (Å²) in [6.07, 6.45) is 3.67. The standard InChI is InChI=1S/C31H30N2O6/c1-4-7-24-16-22(17-25(19-32)30(34)33-26-12-14-27(15-13-26)37-5-2)18-28(38-6-3)29(24)39-20-21-8-10-23(11-9-21)31(35)36/h4,8-18H,1,5-7,20H2,2-3H3,(H,33,34)(H,35,36)/b25-17+. The van der Waals surface area contributed by atoms with E-state index in [1.165, 1.54) is 18.2 Å². The van der Waals surface area contributed by atoms with E-state index in [0.29, 0.717) is 48.1 Å². The fraction of sp³-hybridized carbons (Fsp3) is 0.194. The molecule has 39 heavy (non-hydrogen) atoms. The van der Waals surface area contributed by atoms with E-state index < -0.39 is 11.9 Å². The van der Waals surface area contributed by atoms with Gasteiger partial charge in [0.2, 0.25) is 0 Å². The summed E-state index contributed by atoms with van der Waals surface area (Å²) in [4.78, 5) is 23.9. The minimum atomic E-state index is -0.997. The first-order chi connectivity index (χ1) is 18.9. The number of carboxylic acids is 1. The summed E-state index contributed by atoms with van der Waals surface area (Å²) in [5.74, 6) is 0.102. The average molecular weight is 527 g/mol.